The van der Waals surface area contributed by atoms with Crippen LogP contribution in [-0.2, 0) is 0 Å². The first kappa shape index (κ1) is 19.7. The number of fused-ring (bicyclic) bond motifs is 3. The average molecular weight is 449 g/mol. The Bertz CT molecular complexity index is 1740. The molecule has 164 valence electrons. The molecule has 0 unspecified atom stereocenters. The van der Waals surface area contributed by atoms with Gasteiger partial charge in [-0.2, -0.15) is 0 Å². The van der Waals surface area contributed by atoms with Crippen LogP contribution >= 0.6 is 0 Å². The Labute approximate surface area is 202 Å². The third kappa shape index (κ3) is 3.21. The minimum atomic E-state index is 0.639. The molecular formula is C32H20N2O. The molecule has 0 atom stereocenters. The Balaban J connectivity index is 1.46. The van der Waals surface area contributed by atoms with Crippen molar-refractivity contribution in [2.45, 2.75) is 0 Å². The van der Waals surface area contributed by atoms with Gasteiger partial charge in [0.2, 0.25) is 5.89 Å². The summed E-state index contributed by atoms with van der Waals surface area (Å²) in [6, 6.07) is 37.9. The van der Waals surface area contributed by atoms with Gasteiger partial charge in [0.15, 0.2) is 5.58 Å². The van der Waals surface area contributed by atoms with E-state index in [1.54, 1.807) is 0 Å². The van der Waals surface area contributed by atoms with E-state index in [0.29, 0.717) is 5.89 Å². The number of oxazole rings is 1. The molecule has 0 aliphatic rings. The molecule has 0 aliphatic carbocycles. The lowest BCUT2D eigenvalue weighted by Gasteiger charge is -2.17. The summed E-state index contributed by atoms with van der Waals surface area (Å²) in [4.78, 5) is 8.89. The van der Waals surface area contributed by atoms with Crippen LogP contribution in [0.2, 0.25) is 0 Å². The molecule has 0 fully saturated rings. The van der Waals surface area contributed by atoms with E-state index in [2.05, 4.69) is 94.9 Å². The van der Waals surface area contributed by atoms with Gasteiger partial charge in [-0.1, -0.05) is 72.8 Å². The average Bonchev–Trinajstić information content (AvgIpc) is 3.37. The molecule has 2 aromatic heterocycles. The van der Waals surface area contributed by atoms with Crippen molar-refractivity contribution in [2.75, 3.05) is 0 Å². The monoisotopic (exact) mass is 448 g/mol. The number of hydrogen-bond acceptors (Lipinski definition) is 3. The lowest BCUT2D eigenvalue weighted by atomic mass is 9.86. The summed E-state index contributed by atoms with van der Waals surface area (Å²) in [7, 11) is 0. The first-order valence-corrected chi connectivity index (χ1v) is 11.7. The zero-order valence-corrected chi connectivity index (χ0v) is 18.8. The summed E-state index contributed by atoms with van der Waals surface area (Å²) in [6.45, 7) is 0. The van der Waals surface area contributed by atoms with Crippen LogP contribution in [0.4, 0.5) is 0 Å². The Morgan fingerprint density at radius 1 is 0.457 bits per heavy atom. The topological polar surface area (TPSA) is 38.9 Å². The summed E-state index contributed by atoms with van der Waals surface area (Å²) in [5.41, 5.74) is 7.45. The zero-order valence-electron chi connectivity index (χ0n) is 18.8. The molecule has 0 amide bonds. The highest BCUT2D eigenvalue weighted by Crippen LogP contribution is 2.43. The van der Waals surface area contributed by atoms with E-state index in [-0.39, 0.29) is 0 Å². The van der Waals surface area contributed by atoms with Gasteiger partial charge in [-0.15, -0.1) is 0 Å². The third-order valence-corrected chi connectivity index (χ3v) is 6.61. The van der Waals surface area contributed by atoms with Crippen LogP contribution in [0.5, 0.6) is 0 Å². The second-order valence-corrected chi connectivity index (χ2v) is 8.64. The maximum atomic E-state index is 5.99. The molecule has 3 nitrogen and oxygen atoms in total. The zero-order chi connectivity index (χ0) is 23.2. The van der Waals surface area contributed by atoms with Crippen LogP contribution in [0.3, 0.4) is 0 Å². The molecule has 7 aromatic rings. The molecule has 5 aromatic carbocycles. The quantitative estimate of drug-likeness (QED) is 0.254. The minimum Gasteiger partial charge on any atom is -0.436 e. The molecule has 0 spiro atoms. The van der Waals surface area contributed by atoms with Crippen LogP contribution in [0.25, 0.3) is 66.4 Å². The summed E-state index contributed by atoms with van der Waals surface area (Å²) in [6.07, 6.45) is 3.72. The van der Waals surface area contributed by atoms with E-state index in [1.165, 1.54) is 43.8 Å². The fourth-order valence-corrected chi connectivity index (χ4v) is 5.04. The molecule has 0 aliphatic heterocycles. The second kappa shape index (κ2) is 7.93. The van der Waals surface area contributed by atoms with Crippen molar-refractivity contribution in [1.29, 1.82) is 0 Å². The van der Waals surface area contributed by atoms with Gasteiger partial charge in [-0.05, 0) is 80.2 Å². The lowest BCUT2D eigenvalue weighted by molar-refractivity contribution is 0.620. The first-order valence-electron chi connectivity index (χ1n) is 11.7. The van der Waals surface area contributed by atoms with E-state index < -0.39 is 0 Å². The summed E-state index contributed by atoms with van der Waals surface area (Å²) in [5.74, 6) is 0.639. The highest BCUT2D eigenvalue weighted by Gasteiger charge is 2.16. The summed E-state index contributed by atoms with van der Waals surface area (Å²) < 4.78 is 5.99. The number of para-hydroxylation sites is 2. The number of hydrogen-bond donors (Lipinski definition) is 0. The van der Waals surface area contributed by atoms with Gasteiger partial charge in [0, 0.05) is 18.0 Å². The number of rotatable bonds is 3. The number of benzene rings is 5. The molecular weight excluding hydrogens is 428 g/mol. The Kier molecular flexibility index (Phi) is 4.46. The van der Waals surface area contributed by atoms with Gasteiger partial charge < -0.3 is 4.42 Å². The van der Waals surface area contributed by atoms with Crippen molar-refractivity contribution in [2.24, 2.45) is 0 Å². The summed E-state index contributed by atoms with van der Waals surface area (Å²) in [5, 5.41) is 4.92. The van der Waals surface area contributed by atoms with Gasteiger partial charge in [0.05, 0.1) is 0 Å². The van der Waals surface area contributed by atoms with Crippen molar-refractivity contribution in [1.82, 2.24) is 9.97 Å². The fraction of sp³-hybridized carbons (Fsp3) is 0. The maximum Gasteiger partial charge on any atom is 0.227 e. The van der Waals surface area contributed by atoms with Crippen molar-refractivity contribution >= 4 is 32.6 Å². The molecule has 0 saturated heterocycles. The lowest BCUT2D eigenvalue weighted by Crippen LogP contribution is -1.91. The third-order valence-electron chi connectivity index (χ3n) is 6.61. The Morgan fingerprint density at radius 3 is 1.51 bits per heavy atom. The van der Waals surface area contributed by atoms with Gasteiger partial charge in [-0.3, -0.25) is 4.98 Å². The highest BCUT2D eigenvalue weighted by atomic mass is 16.3. The highest BCUT2D eigenvalue weighted by molar-refractivity contribution is 6.21. The van der Waals surface area contributed by atoms with Crippen LogP contribution in [0.15, 0.2) is 126 Å². The van der Waals surface area contributed by atoms with Crippen LogP contribution in [0.1, 0.15) is 0 Å². The van der Waals surface area contributed by atoms with Crippen molar-refractivity contribution in [3.05, 3.63) is 122 Å². The van der Waals surface area contributed by atoms with Crippen LogP contribution in [-0.4, -0.2) is 9.97 Å². The Hall–Kier alpha value is -4.76. The number of aromatic nitrogens is 2. The van der Waals surface area contributed by atoms with E-state index >= 15 is 0 Å². The fourth-order valence-electron chi connectivity index (χ4n) is 5.04. The molecule has 3 heteroatoms. The number of nitrogens with zero attached hydrogens (tertiary/aromatic N) is 2. The molecule has 35 heavy (non-hydrogen) atoms. The predicted molar refractivity (Wildman–Crippen MR) is 143 cm³/mol. The molecule has 0 bridgehead atoms. The van der Waals surface area contributed by atoms with Gasteiger partial charge in [0.25, 0.3) is 0 Å². The maximum absolute atomic E-state index is 5.99. The van der Waals surface area contributed by atoms with Crippen molar-refractivity contribution in [3.8, 4) is 33.7 Å². The van der Waals surface area contributed by atoms with Crippen LogP contribution < -0.4 is 0 Å². The van der Waals surface area contributed by atoms with Crippen molar-refractivity contribution < 1.29 is 4.42 Å². The molecule has 2 heterocycles. The smallest absolute Gasteiger partial charge is 0.227 e. The van der Waals surface area contributed by atoms with Crippen molar-refractivity contribution in [3.63, 3.8) is 0 Å². The second-order valence-electron chi connectivity index (χ2n) is 8.64. The predicted octanol–water partition coefficient (Wildman–Crippen LogP) is 8.53. The van der Waals surface area contributed by atoms with E-state index in [1.807, 2.05) is 36.7 Å². The van der Waals surface area contributed by atoms with Gasteiger partial charge in [-0.25, -0.2) is 4.98 Å². The molecule has 0 radical (unpaired) electrons. The van der Waals surface area contributed by atoms with E-state index in [4.69, 9.17) is 4.42 Å². The SMILES string of the molecule is c1ccc2oc(-c3ccc(-c4c5ccccc5c(-c5ccncc5)c5ccccc45)cc3)nc2c1. The van der Waals surface area contributed by atoms with Gasteiger partial charge in [0.1, 0.15) is 5.52 Å². The van der Waals surface area contributed by atoms with E-state index in [9.17, 15) is 0 Å². The minimum absolute atomic E-state index is 0.639. The molecule has 0 N–H and O–H groups in total. The molecule has 0 saturated carbocycles. The largest absolute Gasteiger partial charge is 0.436 e. The molecule has 7 rings (SSSR count). The normalized spacial score (nSPS) is 11.4. The standard InChI is InChI=1S/C32H20N2O/c1-3-9-26-24(7-1)30(25-8-2-4-10-27(25)31(26)22-17-19-33-20-18-22)21-13-15-23(16-14-21)32-34-28-11-5-6-12-29(28)35-32/h1-20H. The first-order chi connectivity index (χ1) is 17.4. The number of pyridine rings is 1. The van der Waals surface area contributed by atoms with Crippen LogP contribution in [0, 0.1) is 0 Å². The summed E-state index contributed by atoms with van der Waals surface area (Å²) >= 11 is 0. The van der Waals surface area contributed by atoms with Gasteiger partial charge >= 0.3 is 0 Å². The van der Waals surface area contributed by atoms with E-state index in [0.717, 1.165) is 16.7 Å². The Morgan fingerprint density at radius 2 is 0.943 bits per heavy atom.